The number of nitrogens with one attached hydrogen (secondary N) is 1. The first-order valence-corrected chi connectivity index (χ1v) is 13.7. The van der Waals surface area contributed by atoms with Gasteiger partial charge in [0, 0.05) is 56.7 Å². The van der Waals surface area contributed by atoms with E-state index in [1.807, 2.05) is 19.5 Å². The second-order valence-corrected chi connectivity index (χ2v) is 11.9. The molecule has 1 aliphatic carbocycles. The third kappa shape index (κ3) is 11.5. The van der Waals surface area contributed by atoms with Gasteiger partial charge in [-0.2, -0.15) is 0 Å². The Morgan fingerprint density at radius 1 is 1.30 bits per heavy atom. The van der Waals surface area contributed by atoms with Crippen molar-refractivity contribution in [3.8, 4) is 10.4 Å². The van der Waals surface area contributed by atoms with Crippen molar-refractivity contribution in [2.24, 2.45) is 5.41 Å². The fourth-order valence-corrected chi connectivity index (χ4v) is 4.57. The van der Waals surface area contributed by atoms with Crippen molar-refractivity contribution in [1.82, 2.24) is 15.2 Å². The largest absolute Gasteiger partial charge is 0.536 e. The smallest absolute Gasteiger partial charge is 0.223 e. The van der Waals surface area contributed by atoms with E-state index in [2.05, 4.69) is 74.7 Å². The van der Waals surface area contributed by atoms with Crippen LogP contribution in [0, 0.1) is 43.5 Å². The quantitative estimate of drug-likeness (QED) is 0.372. The number of hydrogen-bond acceptors (Lipinski definition) is 6. The first kappa shape index (κ1) is 34.2. The average molecular weight is 756 g/mol. The summed E-state index contributed by atoms with van der Waals surface area (Å²) in [7, 11) is 3.64. The van der Waals surface area contributed by atoms with E-state index in [0.717, 1.165) is 31.5 Å². The second kappa shape index (κ2) is 15.7. The molecule has 2 heterocycles. The van der Waals surface area contributed by atoms with E-state index in [4.69, 9.17) is 4.84 Å². The van der Waals surface area contributed by atoms with Gasteiger partial charge in [0.25, 0.3) is 0 Å². The summed E-state index contributed by atoms with van der Waals surface area (Å²) in [6.45, 7) is 13.7. The number of β-amino-alcohol motifs (C(OH)–C–C–N with tert-alkyl or cyclic N) is 1. The molecule has 9 heteroatoms. The number of hydrogen-bond donors (Lipinski definition) is 2. The van der Waals surface area contributed by atoms with Crippen LogP contribution in [0.25, 0.3) is 15.9 Å². The number of hydroxylamine groups is 1. The SMILES string of the molecule is CC(C)(C)CC(=O)N1CCC(O)C1.CNC(C)C.C[N-]OC1(c2ccc(-c3scnc3C)cc2)CC1.[U]. The Labute approximate surface area is 251 Å². The van der Waals surface area contributed by atoms with Crippen LogP contribution >= 0.6 is 11.3 Å². The van der Waals surface area contributed by atoms with Crippen molar-refractivity contribution in [2.75, 3.05) is 27.2 Å². The van der Waals surface area contributed by atoms with Gasteiger partial charge < -0.3 is 25.6 Å². The first-order valence-electron chi connectivity index (χ1n) is 12.8. The predicted octanol–water partition coefficient (Wildman–Crippen LogP) is 5.67. The van der Waals surface area contributed by atoms with E-state index in [9.17, 15) is 9.90 Å². The molecule has 206 valence electrons. The van der Waals surface area contributed by atoms with Crippen LogP contribution in [-0.2, 0) is 15.2 Å². The van der Waals surface area contributed by atoms with Gasteiger partial charge >= 0.3 is 0 Å². The van der Waals surface area contributed by atoms with Gasteiger partial charge in [-0.3, -0.25) is 4.79 Å². The molecule has 2 aliphatic rings. The molecular weight excluding hydrogens is 710 g/mol. The monoisotopic (exact) mass is 755 g/mol. The summed E-state index contributed by atoms with van der Waals surface area (Å²) < 4.78 is 0. The molecule has 1 saturated heterocycles. The molecule has 0 spiro atoms. The van der Waals surface area contributed by atoms with E-state index < -0.39 is 0 Å². The Balaban J connectivity index is 0.000000318. The van der Waals surface area contributed by atoms with Gasteiger partial charge in [-0.1, -0.05) is 58.9 Å². The van der Waals surface area contributed by atoms with Crippen LogP contribution in [0.4, 0.5) is 0 Å². The minimum Gasteiger partial charge on any atom is -0.536 e. The second-order valence-electron chi connectivity index (χ2n) is 11.1. The summed E-state index contributed by atoms with van der Waals surface area (Å²) in [4.78, 5) is 24.4. The number of carbonyl (C=O) groups is 1. The molecule has 37 heavy (non-hydrogen) atoms. The Morgan fingerprint density at radius 2 is 1.89 bits per heavy atom. The zero-order valence-electron chi connectivity index (χ0n) is 23.8. The number of likely N-dealkylation sites (tertiary alicyclic amines) is 1. The molecule has 1 unspecified atom stereocenters. The minimum absolute atomic E-state index is 0. The Morgan fingerprint density at radius 3 is 2.27 bits per heavy atom. The molecule has 2 fully saturated rings. The van der Waals surface area contributed by atoms with E-state index in [1.165, 1.54) is 16.0 Å². The number of aliphatic hydroxyl groups is 1. The van der Waals surface area contributed by atoms with E-state index in [-0.39, 0.29) is 54.1 Å². The maximum atomic E-state index is 11.6. The van der Waals surface area contributed by atoms with Crippen LogP contribution in [0.3, 0.4) is 0 Å². The number of amides is 1. The number of aliphatic hydroxyl groups excluding tert-OH is 1. The van der Waals surface area contributed by atoms with Crippen molar-refractivity contribution < 1.29 is 45.9 Å². The number of aromatic nitrogens is 1. The minimum atomic E-state index is -0.302. The van der Waals surface area contributed by atoms with Gasteiger partial charge in [0.2, 0.25) is 5.91 Å². The third-order valence-electron chi connectivity index (χ3n) is 6.16. The molecule has 2 aromatic rings. The average Bonchev–Trinajstić information content (AvgIpc) is 3.25. The molecule has 0 radical (unpaired) electrons. The van der Waals surface area contributed by atoms with Gasteiger partial charge in [-0.15, -0.1) is 18.4 Å². The Bertz CT molecular complexity index is 940. The van der Waals surface area contributed by atoms with Crippen LogP contribution in [0.1, 0.15) is 71.6 Å². The zero-order chi connectivity index (χ0) is 26.9. The first-order chi connectivity index (χ1) is 16.9. The number of carbonyl (C=O) groups excluding carboxylic acids is 1. The molecular formula is C28H45N4O3SU-. The fourth-order valence-electron chi connectivity index (χ4n) is 3.76. The molecule has 4 rings (SSSR count). The number of aryl methyl sites for hydroxylation is 1. The van der Waals surface area contributed by atoms with E-state index >= 15 is 0 Å². The summed E-state index contributed by atoms with van der Waals surface area (Å²) in [5.74, 6) is 0.170. The normalized spacial score (nSPS) is 17.8. The van der Waals surface area contributed by atoms with Crippen LogP contribution in [0.5, 0.6) is 0 Å². The summed E-state index contributed by atoms with van der Waals surface area (Å²) in [5, 5.41) is 12.3. The van der Waals surface area contributed by atoms with Crippen LogP contribution in [0.2, 0.25) is 0 Å². The maximum Gasteiger partial charge on any atom is 0.223 e. The molecule has 1 saturated carbocycles. The van der Waals surface area contributed by atoms with Gasteiger partial charge in [0.15, 0.2) is 0 Å². The van der Waals surface area contributed by atoms with Gasteiger partial charge in [0.05, 0.1) is 27.8 Å². The number of rotatable bonds is 6. The summed E-state index contributed by atoms with van der Waals surface area (Å²) in [6.07, 6.45) is 3.12. The fraction of sp³-hybridized carbons (Fsp3) is 0.643. The maximum absolute atomic E-state index is 11.6. The van der Waals surface area contributed by atoms with Crippen LogP contribution in [-0.4, -0.2) is 60.2 Å². The molecule has 1 aliphatic heterocycles. The summed E-state index contributed by atoms with van der Waals surface area (Å²) in [5.41, 5.74) is 9.15. The molecule has 7 nitrogen and oxygen atoms in total. The number of benzene rings is 1. The molecule has 1 aromatic carbocycles. The van der Waals surface area contributed by atoms with Gasteiger partial charge in [-0.05, 0) is 49.8 Å². The molecule has 1 aromatic heterocycles. The third-order valence-corrected chi connectivity index (χ3v) is 7.14. The van der Waals surface area contributed by atoms with Crippen LogP contribution in [0.15, 0.2) is 29.8 Å². The molecule has 2 N–H and O–H groups in total. The molecule has 1 atom stereocenters. The zero-order valence-corrected chi connectivity index (χ0v) is 28.8. The van der Waals surface area contributed by atoms with E-state index in [1.54, 1.807) is 23.3 Å². The molecule has 0 bridgehead atoms. The molecule has 1 amide bonds. The van der Waals surface area contributed by atoms with Crippen molar-refractivity contribution in [3.05, 3.63) is 46.5 Å². The summed E-state index contributed by atoms with van der Waals surface area (Å²) >= 11 is 1.68. The van der Waals surface area contributed by atoms with Crippen molar-refractivity contribution in [2.45, 2.75) is 85.0 Å². The Hall–Kier alpha value is -0.788. The van der Waals surface area contributed by atoms with Crippen molar-refractivity contribution >= 4 is 17.2 Å². The predicted molar refractivity (Wildman–Crippen MR) is 149 cm³/mol. The van der Waals surface area contributed by atoms with Gasteiger partial charge in [0.1, 0.15) is 0 Å². The van der Waals surface area contributed by atoms with Crippen molar-refractivity contribution in [3.63, 3.8) is 0 Å². The van der Waals surface area contributed by atoms with Crippen LogP contribution < -0.4 is 5.32 Å². The number of thiazole rings is 1. The topological polar surface area (TPSA) is 88.8 Å². The van der Waals surface area contributed by atoms with Crippen molar-refractivity contribution in [1.29, 1.82) is 0 Å². The Kier molecular flexibility index (Phi) is 14.5. The number of nitrogens with zero attached hydrogens (tertiary/aromatic N) is 3. The van der Waals surface area contributed by atoms with E-state index in [0.29, 0.717) is 19.0 Å². The standard InChI is InChI=1S/C14H15N2OS.C10H19NO2.C4H11N.U/c1-10-13(18-9-16-10)11-3-5-12(6-4-11)14(7-8-14)17-15-2;1-10(2,3)6-9(13)11-5-4-8(12)7-11;1-4(2)5-3;/h3-6,9H,7-8H2,1-2H3;8,12H,4-7H2,1-3H3;4-5H,1-3H3;/q-1;;;. The van der Waals surface area contributed by atoms with Gasteiger partial charge in [-0.25, -0.2) is 4.98 Å². The summed E-state index contributed by atoms with van der Waals surface area (Å²) in [6, 6.07) is 9.22.